The van der Waals surface area contributed by atoms with Crippen LogP contribution in [0.4, 0.5) is 64.1 Å². The van der Waals surface area contributed by atoms with Gasteiger partial charge in [-0.2, -0.15) is 52.7 Å². The van der Waals surface area contributed by atoms with Crippen molar-refractivity contribution >= 4 is 11.4 Å². The predicted molar refractivity (Wildman–Crippen MR) is 74.3 cm³/mol. The Labute approximate surface area is 153 Å². The van der Waals surface area contributed by atoms with Gasteiger partial charge in [-0.05, 0) is 24.3 Å². The highest BCUT2D eigenvalue weighted by Crippen LogP contribution is 2.48. The maximum absolute atomic E-state index is 13.1. The van der Waals surface area contributed by atoms with Gasteiger partial charge >= 0.3 is 24.7 Å². The largest absolute Gasteiger partial charge is 0.418 e. The number of benzene rings is 2. The zero-order valence-electron chi connectivity index (χ0n) is 13.4. The molecule has 0 N–H and O–H groups in total. The van der Waals surface area contributed by atoms with Crippen LogP contribution >= 0.6 is 0 Å². The molecule has 0 heterocycles. The average molecular weight is 440 g/mol. The van der Waals surface area contributed by atoms with E-state index < -0.39 is 58.3 Å². The third-order valence-electron chi connectivity index (χ3n) is 3.52. The summed E-state index contributed by atoms with van der Waals surface area (Å²) in [6.07, 6.45) is -22.1. The summed E-state index contributed by atoms with van der Waals surface area (Å²) in [4.78, 5) is 0. The second-order valence-corrected chi connectivity index (χ2v) is 5.51. The molecule has 159 valence electrons. The average Bonchev–Trinajstić information content (AvgIpc) is 2.51. The number of rotatable bonds is 2. The van der Waals surface area contributed by atoms with Crippen molar-refractivity contribution in [2.75, 3.05) is 0 Å². The van der Waals surface area contributed by atoms with Crippen LogP contribution in [0.1, 0.15) is 22.3 Å². The minimum atomic E-state index is -5.54. The van der Waals surface area contributed by atoms with E-state index in [1.54, 1.807) is 0 Å². The van der Waals surface area contributed by atoms with Crippen molar-refractivity contribution in [3.63, 3.8) is 0 Å². The molecular weight excluding hydrogens is 434 g/mol. The number of alkyl halides is 12. The number of para-hydroxylation sites is 2. The molecule has 0 aliphatic carbocycles. The lowest BCUT2D eigenvalue weighted by Crippen LogP contribution is -2.19. The number of hydrogen-bond donors (Lipinski definition) is 0. The molecule has 1 radical (unpaired) electrons. The Kier molecular flexibility index (Phi) is 5.49. The van der Waals surface area contributed by atoms with Gasteiger partial charge in [-0.3, -0.25) is 0 Å². The quantitative estimate of drug-likeness (QED) is 0.435. The summed E-state index contributed by atoms with van der Waals surface area (Å²) in [6.45, 7) is 0. The summed E-state index contributed by atoms with van der Waals surface area (Å²) < 4.78 is 157. The van der Waals surface area contributed by atoms with Crippen LogP contribution < -0.4 is 5.32 Å². The molecule has 13 heteroatoms. The molecule has 2 rings (SSSR count). The molecule has 0 fully saturated rings. The van der Waals surface area contributed by atoms with E-state index in [2.05, 4.69) is 5.32 Å². The summed E-state index contributed by atoms with van der Waals surface area (Å²) >= 11 is 0. The van der Waals surface area contributed by atoms with Gasteiger partial charge in [-0.15, -0.1) is 0 Å². The maximum atomic E-state index is 13.1. The van der Waals surface area contributed by atoms with Gasteiger partial charge in [0.15, 0.2) is 0 Å². The Morgan fingerprint density at radius 1 is 0.414 bits per heavy atom. The highest BCUT2D eigenvalue weighted by atomic mass is 19.4. The zero-order chi connectivity index (χ0) is 22.4. The minimum Gasteiger partial charge on any atom is -0.247 e. The molecule has 1 nitrogen and oxygen atoms in total. The molecule has 29 heavy (non-hydrogen) atoms. The molecular formula is C16H6F12N. The van der Waals surface area contributed by atoms with Crippen molar-refractivity contribution in [3.8, 4) is 0 Å². The molecule has 0 bridgehead atoms. The Hall–Kier alpha value is -2.60. The van der Waals surface area contributed by atoms with Crippen LogP contribution in [0.3, 0.4) is 0 Å². The highest BCUT2D eigenvalue weighted by Gasteiger charge is 2.45. The molecule has 0 atom stereocenters. The fraction of sp³-hybridized carbons (Fsp3) is 0.250. The molecule has 0 saturated carbocycles. The number of halogens is 12. The number of hydrogen-bond acceptors (Lipinski definition) is 0. The van der Waals surface area contributed by atoms with Gasteiger partial charge in [-0.25, -0.2) is 5.32 Å². The Balaban J connectivity index is 2.88. The van der Waals surface area contributed by atoms with Gasteiger partial charge in [0.05, 0.1) is 33.6 Å². The minimum absolute atomic E-state index is 0.0670. The highest BCUT2D eigenvalue weighted by molar-refractivity contribution is 5.65. The first-order chi connectivity index (χ1) is 12.9. The van der Waals surface area contributed by atoms with Gasteiger partial charge in [-0.1, -0.05) is 12.1 Å². The third kappa shape index (κ3) is 4.88. The zero-order valence-corrected chi connectivity index (χ0v) is 13.4. The molecule has 2 aromatic rings. The van der Waals surface area contributed by atoms with Crippen molar-refractivity contribution < 1.29 is 52.7 Å². The molecule has 0 aliphatic rings. The monoisotopic (exact) mass is 440 g/mol. The third-order valence-corrected chi connectivity index (χ3v) is 3.52. The molecule has 0 spiro atoms. The first-order valence-corrected chi connectivity index (χ1v) is 7.20. The van der Waals surface area contributed by atoms with Crippen molar-refractivity contribution in [2.24, 2.45) is 0 Å². The molecule has 2 aromatic carbocycles. The van der Waals surface area contributed by atoms with E-state index in [0.29, 0.717) is 12.1 Å². The summed E-state index contributed by atoms with van der Waals surface area (Å²) in [5, 5.41) is 2.63. The molecule has 0 aliphatic heterocycles. The Bertz CT molecular complexity index is 749. The van der Waals surface area contributed by atoms with Crippen LogP contribution in [-0.2, 0) is 24.7 Å². The fourth-order valence-electron chi connectivity index (χ4n) is 2.35. The van der Waals surface area contributed by atoms with Gasteiger partial charge in [0, 0.05) is 0 Å². The van der Waals surface area contributed by atoms with Crippen molar-refractivity contribution in [3.05, 3.63) is 58.7 Å². The van der Waals surface area contributed by atoms with E-state index in [1.807, 2.05) is 0 Å². The van der Waals surface area contributed by atoms with Crippen molar-refractivity contribution in [1.29, 1.82) is 0 Å². The van der Waals surface area contributed by atoms with Crippen LogP contribution in [0.25, 0.3) is 0 Å². The standard InChI is InChI=1S/C16H6F12N/c17-13(18,19)7-3-1-4-8(14(20,21)22)11(7)29-12-9(15(23,24)25)5-2-6-10(12)16(26,27)28/h1-6H. The normalized spacial score (nSPS) is 13.5. The topological polar surface area (TPSA) is 14.1 Å². The van der Waals surface area contributed by atoms with Crippen LogP contribution in [0, 0.1) is 0 Å². The fourth-order valence-corrected chi connectivity index (χ4v) is 2.35. The van der Waals surface area contributed by atoms with Gasteiger partial charge in [0.2, 0.25) is 0 Å². The maximum Gasteiger partial charge on any atom is 0.418 e. The van der Waals surface area contributed by atoms with Crippen LogP contribution in [0.5, 0.6) is 0 Å². The number of nitrogens with zero attached hydrogens (tertiary/aromatic N) is 1. The van der Waals surface area contributed by atoms with E-state index >= 15 is 0 Å². The van der Waals surface area contributed by atoms with Crippen molar-refractivity contribution in [1.82, 2.24) is 5.32 Å². The second-order valence-electron chi connectivity index (χ2n) is 5.51. The van der Waals surface area contributed by atoms with Crippen LogP contribution in [0.2, 0.25) is 0 Å². The Morgan fingerprint density at radius 2 is 0.621 bits per heavy atom. The van der Waals surface area contributed by atoms with E-state index in [1.165, 1.54) is 0 Å². The summed E-state index contributed by atoms with van der Waals surface area (Å²) in [5.74, 6) is 0. The molecule has 0 amide bonds. The predicted octanol–water partition coefficient (Wildman–Crippen LogP) is 7.33. The lowest BCUT2D eigenvalue weighted by Gasteiger charge is -2.22. The van der Waals surface area contributed by atoms with Crippen LogP contribution in [0.15, 0.2) is 36.4 Å². The van der Waals surface area contributed by atoms with Crippen molar-refractivity contribution in [2.45, 2.75) is 24.7 Å². The first kappa shape index (κ1) is 22.7. The Morgan fingerprint density at radius 3 is 0.793 bits per heavy atom. The summed E-state index contributed by atoms with van der Waals surface area (Å²) in [5.41, 5.74) is -12.8. The van der Waals surface area contributed by atoms with Gasteiger partial charge < -0.3 is 0 Å². The smallest absolute Gasteiger partial charge is 0.247 e. The first-order valence-electron chi connectivity index (χ1n) is 7.20. The van der Waals surface area contributed by atoms with E-state index in [4.69, 9.17) is 0 Å². The molecule has 0 unspecified atom stereocenters. The second kappa shape index (κ2) is 7.02. The van der Waals surface area contributed by atoms with Gasteiger partial charge in [0.25, 0.3) is 0 Å². The van der Waals surface area contributed by atoms with E-state index in [9.17, 15) is 52.7 Å². The summed E-state index contributed by atoms with van der Waals surface area (Å²) in [6, 6.07) is 0.889. The lowest BCUT2D eigenvalue weighted by molar-refractivity contribution is -0.142. The molecule has 0 aromatic heterocycles. The SMILES string of the molecule is FC(F)(F)c1cccc(C(F)(F)F)c1[N]c1c(C(F)(F)F)cccc1C(F)(F)F. The van der Waals surface area contributed by atoms with E-state index in [-0.39, 0.29) is 24.3 Å². The molecule has 0 saturated heterocycles. The lowest BCUT2D eigenvalue weighted by atomic mass is 10.0. The summed E-state index contributed by atoms with van der Waals surface area (Å²) in [7, 11) is 0. The van der Waals surface area contributed by atoms with Gasteiger partial charge in [0.1, 0.15) is 0 Å². The van der Waals surface area contributed by atoms with Crippen LogP contribution in [-0.4, -0.2) is 0 Å². The van der Waals surface area contributed by atoms with E-state index in [0.717, 1.165) is 0 Å².